The Morgan fingerprint density at radius 1 is 1.35 bits per heavy atom. The van der Waals surface area contributed by atoms with Crippen LogP contribution in [0.15, 0.2) is 18.2 Å². The molecule has 5 heteroatoms. The summed E-state index contributed by atoms with van der Waals surface area (Å²) in [5, 5.41) is 0. The Labute approximate surface area is 98.2 Å². The van der Waals surface area contributed by atoms with Crippen molar-refractivity contribution in [3.8, 4) is 0 Å². The molecule has 1 heterocycles. The number of hydrogen-bond acceptors (Lipinski definition) is 2. The van der Waals surface area contributed by atoms with Gasteiger partial charge in [-0.1, -0.05) is 12.1 Å². The number of aryl methyl sites for hydroxylation is 1. The lowest BCUT2D eigenvalue weighted by atomic mass is 9.97. The molecule has 2 N–H and O–H groups in total. The number of fused-ring (bicyclic) bond motifs is 1. The van der Waals surface area contributed by atoms with Crippen LogP contribution in [-0.2, 0) is 6.42 Å². The molecular formula is C12H15F3N2. The zero-order chi connectivity index (χ0) is 12.6. The molecule has 1 aliphatic rings. The van der Waals surface area contributed by atoms with E-state index in [0.717, 1.165) is 30.6 Å². The van der Waals surface area contributed by atoms with Gasteiger partial charge < -0.3 is 10.6 Å². The molecule has 0 bridgehead atoms. The quantitative estimate of drug-likeness (QED) is 0.822. The molecular weight excluding hydrogens is 229 g/mol. The lowest BCUT2D eigenvalue weighted by Crippen LogP contribution is -2.29. The van der Waals surface area contributed by atoms with Crippen molar-refractivity contribution in [2.45, 2.75) is 25.1 Å². The number of nitrogens with zero attached hydrogens (tertiary/aromatic N) is 1. The monoisotopic (exact) mass is 244 g/mol. The summed E-state index contributed by atoms with van der Waals surface area (Å²) in [6, 6.07) is 2.90. The van der Waals surface area contributed by atoms with Gasteiger partial charge in [0.2, 0.25) is 0 Å². The van der Waals surface area contributed by atoms with E-state index in [4.69, 9.17) is 5.73 Å². The molecule has 17 heavy (non-hydrogen) atoms. The largest absolute Gasteiger partial charge is 0.407 e. The molecule has 1 aromatic rings. The van der Waals surface area contributed by atoms with Crippen molar-refractivity contribution in [2.24, 2.45) is 5.73 Å². The van der Waals surface area contributed by atoms with E-state index in [9.17, 15) is 13.2 Å². The molecule has 0 amide bonds. The Balaban J connectivity index is 2.34. The van der Waals surface area contributed by atoms with Crippen molar-refractivity contribution in [3.05, 3.63) is 29.3 Å². The first-order valence-electron chi connectivity index (χ1n) is 5.56. The smallest absolute Gasteiger partial charge is 0.374 e. The molecule has 1 aromatic carbocycles. The molecule has 2 nitrogen and oxygen atoms in total. The van der Waals surface area contributed by atoms with Crippen LogP contribution >= 0.6 is 0 Å². The van der Waals surface area contributed by atoms with E-state index in [-0.39, 0.29) is 5.56 Å². The zero-order valence-electron chi connectivity index (χ0n) is 9.59. The Kier molecular flexibility index (Phi) is 3.03. The van der Waals surface area contributed by atoms with Crippen LogP contribution in [0.2, 0.25) is 0 Å². The van der Waals surface area contributed by atoms with E-state index < -0.39 is 12.2 Å². The van der Waals surface area contributed by atoms with Crippen LogP contribution < -0.4 is 10.6 Å². The molecule has 2 rings (SSSR count). The normalized spacial score (nSPS) is 17.8. The number of hydrogen-bond donors (Lipinski definition) is 1. The highest BCUT2D eigenvalue weighted by Gasteiger charge is 2.38. The molecule has 0 radical (unpaired) electrons. The van der Waals surface area contributed by atoms with E-state index in [1.165, 1.54) is 6.07 Å². The van der Waals surface area contributed by atoms with Crippen molar-refractivity contribution in [1.82, 2.24) is 0 Å². The van der Waals surface area contributed by atoms with Crippen molar-refractivity contribution < 1.29 is 13.2 Å². The number of rotatable bonds is 1. The topological polar surface area (TPSA) is 29.3 Å². The van der Waals surface area contributed by atoms with Crippen LogP contribution in [-0.4, -0.2) is 19.8 Å². The number of benzene rings is 1. The predicted octanol–water partition coefficient (Wildman–Crippen LogP) is 2.63. The third-order valence-corrected chi connectivity index (χ3v) is 3.17. The highest BCUT2D eigenvalue weighted by Crippen LogP contribution is 2.34. The summed E-state index contributed by atoms with van der Waals surface area (Å²) in [6.07, 6.45) is -2.60. The fourth-order valence-electron chi connectivity index (χ4n) is 2.19. The van der Waals surface area contributed by atoms with Crippen molar-refractivity contribution in [3.63, 3.8) is 0 Å². The SMILES string of the molecule is CN1CCCc2cc(C(N)C(F)(F)F)ccc21. The summed E-state index contributed by atoms with van der Waals surface area (Å²) in [5.74, 6) is 0. The van der Waals surface area contributed by atoms with Gasteiger partial charge in [-0.05, 0) is 30.0 Å². The fourth-order valence-corrected chi connectivity index (χ4v) is 2.19. The highest BCUT2D eigenvalue weighted by molar-refractivity contribution is 5.56. The van der Waals surface area contributed by atoms with E-state index in [1.54, 1.807) is 12.1 Å². The zero-order valence-corrected chi connectivity index (χ0v) is 9.59. The summed E-state index contributed by atoms with van der Waals surface area (Å²) in [5.41, 5.74) is 7.31. The molecule has 0 aromatic heterocycles. The number of alkyl halides is 3. The molecule has 1 unspecified atom stereocenters. The summed E-state index contributed by atoms with van der Waals surface area (Å²) >= 11 is 0. The van der Waals surface area contributed by atoms with Gasteiger partial charge in [-0.25, -0.2) is 0 Å². The van der Waals surface area contributed by atoms with Crippen LogP contribution in [0.5, 0.6) is 0 Å². The van der Waals surface area contributed by atoms with Crippen molar-refractivity contribution in [2.75, 3.05) is 18.5 Å². The first-order valence-corrected chi connectivity index (χ1v) is 5.56. The Hall–Kier alpha value is -1.23. The van der Waals surface area contributed by atoms with Crippen LogP contribution in [0.4, 0.5) is 18.9 Å². The van der Waals surface area contributed by atoms with Gasteiger partial charge in [0, 0.05) is 19.3 Å². The van der Waals surface area contributed by atoms with Gasteiger partial charge in [0.05, 0.1) is 0 Å². The second kappa shape index (κ2) is 4.22. The Bertz CT molecular complexity index is 415. The van der Waals surface area contributed by atoms with E-state index in [2.05, 4.69) is 4.90 Å². The first-order chi connectivity index (χ1) is 7.89. The molecule has 0 fully saturated rings. The number of halogens is 3. The maximum absolute atomic E-state index is 12.5. The average molecular weight is 244 g/mol. The van der Waals surface area contributed by atoms with E-state index in [1.807, 2.05) is 7.05 Å². The molecule has 1 aliphatic heterocycles. The minimum Gasteiger partial charge on any atom is -0.374 e. The predicted molar refractivity (Wildman–Crippen MR) is 61.0 cm³/mol. The van der Waals surface area contributed by atoms with Crippen molar-refractivity contribution in [1.29, 1.82) is 0 Å². The third kappa shape index (κ3) is 2.39. The Morgan fingerprint density at radius 2 is 2.06 bits per heavy atom. The molecule has 94 valence electrons. The van der Waals surface area contributed by atoms with Gasteiger partial charge in [0.15, 0.2) is 0 Å². The van der Waals surface area contributed by atoms with E-state index >= 15 is 0 Å². The van der Waals surface area contributed by atoms with Crippen LogP contribution in [0.3, 0.4) is 0 Å². The molecule has 0 spiro atoms. The second-order valence-corrected chi connectivity index (χ2v) is 4.43. The van der Waals surface area contributed by atoms with Gasteiger partial charge >= 0.3 is 6.18 Å². The molecule has 1 atom stereocenters. The minimum atomic E-state index is -4.38. The maximum Gasteiger partial charge on any atom is 0.407 e. The number of anilines is 1. The van der Waals surface area contributed by atoms with Gasteiger partial charge in [-0.3, -0.25) is 0 Å². The fraction of sp³-hybridized carbons (Fsp3) is 0.500. The Morgan fingerprint density at radius 3 is 2.71 bits per heavy atom. The van der Waals surface area contributed by atoms with Gasteiger partial charge in [-0.15, -0.1) is 0 Å². The summed E-state index contributed by atoms with van der Waals surface area (Å²) < 4.78 is 37.5. The summed E-state index contributed by atoms with van der Waals surface area (Å²) in [4.78, 5) is 2.06. The van der Waals surface area contributed by atoms with E-state index in [0.29, 0.717) is 0 Å². The third-order valence-electron chi connectivity index (χ3n) is 3.17. The minimum absolute atomic E-state index is 0.145. The number of nitrogens with two attached hydrogens (primary N) is 1. The second-order valence-electron chi connectivity index (χ2n) is 4.43. The summed E-state index contributed by atoms with van der Waals surface area (Å²) in [7, 11) is 1.95. The average Bonchev–Trinajstić information content (AvgIpc) is 2.26. The van der Waals surface area contributed by atoms with Crippen LogP contribution in [0.1, 0.15) is 23.6 Å². The first kappa shape index (κ1) is 12.2. The molecule has 0 aliphatic carbocycles. The van der Waals surface area contributed by atoms with Gasteiger partial charge in [0.25, 0.3) is 0 Å². The summed E-state index contributed by atoms with van der Waals surface area (Å²) in [6.45, 7) is 0.942. The van der Waals surface area contributed by atoms with Crippen LogP contribution in [0.25, 0.3) is 0 Å². The lowest BCUT2D eigenvalue weighted by molar-refractivity contribution is -0.149. The lowest BCUT2D eigenvalue weighted by Gasteiger charge is -2.28. The molecule has 0 saturated carbocycles. The van der Waals surface area contributed by atoms with Crippen LogP contribution in [0, 0.1) is 0 Å². The maximum atomic E-state index is 12.5. The standard InChI is InChI=1S/C12H15F3N2/c1-17-6-2-3-8-7-9(4-5-10(8)17)11(16)12(13,14)15/h4-5,7,11H,2-3,6,16H2,1H3. The van der Waals surface area contributed by atoms with Crippen molar-refractivity contribution >= 4 is 5.69 Å². The van der Waals surface area contributed by atoms with Gasteiger partial charge in [0.1, 0.15) is 6.04 Å². The highest BCUT2D eigenvalue weighted by atomic mass is 19.4. The molecule has 0 saturated heterocycles. The van der Waals surface area contributed by atoms with Gasteiger partial charge in [-0.2, -0.15) is 13.2 Å².